The first-order valence-corrected chi connectivity index (χ1v) is 12.2. The Morgan fingerprint density at radius 3 is 2.32 bits per heavy atom. The van der Waals surface area contributed by atoms with Gasteiger partial charge in [0.15, 0.2) is 0 Å². The molecule has 0 unspecified atom stereocenters. The predicted octanol–water partition coefficient (Wildman–Crippen LogP) is 6.28. The van der Waals surface area contributed by atoms with Crippen LogP contribution in [0.25, 0.3) is 28.7 Å². The lowest BCUT2D eigenvalue weighted by Gasteiger charge is -2.14. The summed E-state index contributed by atoms with van der Waals surface area (Å²) in [4.78, 5) is 18.6. The second kappa shape index (κ2) is 10.9. The third kappa shape index (κ3) is 5.07. The number of methoxy groups -OCH3 is 2. The first-order chi connectivity index (χ1) is 18.6. The molecule has 1 aromatic heterocycles. The van der Waals surface area contributed by atoms with Crippen LogP contribution >= 0.6 is 0 Å². The maximum absolute atomic E-state index is 13.7. The van der Waals surface area contributed by atoms with Crippen molar-refractivity contribution in [2.24, 2.45) is 0 Å². The molecular formula is C33H26N2O3. The number of ether oxygens (including phenoxy) is 2. The third-order valence-electron chi connectivity index (χ3n) is 6.22. The van der Waals surface area contributed by atoms with Crippen molar-refractivity contribution in [1.29, 1.82) is 0 Å². The number of para-hydroxylation sites is 1. The maximum atomic E-state index is 13.7. The van der Waals surface area contributed by atoms with Gasteiger partial charge in [-0.05, 0) is 79.2 Å². The van der Waals surface area contributed by atoms with Crippen molar-refractivity contribution in [1.82, 2.24) is 9.55 Å². The SMILES string of the molecule is COc1ccc(/C=C/c2nc3ccccc3c(=O)n2-c2ccc(C#Cc3ccccc3)cc2C)c(OC)c1. The summed E-state index contributed by atoms with van der Waals surface area (Å²) in [6.07, 6.45) is 3.72. The Bertz CT molecular complexity index is 1770. The molecule has 5 heteroatoms. The molecule has 0 saturated carbocycles. The Morgan fingerprint density at radius 1 is 0.789 bits per heavy atom. The van der Waals surface area contributed by atoms with E-state index >= 15 is 0 Å². The summed E-state index contributed by atoms with van der Waals surface area (Å²) in [6.45, 7) is 1.98. The van der Waals surface area contributed by atoms with E-state index in [2.05, 4.69) is 11.8 Å². The second-order valence-corrected chi connectivity index (χ2v) is 8.69. The highest BCUT2D eigenvalue weighted by Crippen LogP contribution is 2.27. The van der Waals surface area contributed by atoms with Gasteiger partial charge in [-0.2, -0.15) is 0 Å². The third-order valence-corrected chi connectivity index (χ3v) is 6.22. The van der Waals surface area contributed by atoms with Crippen LogP contribution in [0.5, 0.6) is 11.5 Å². The molecule has 0 saturated heterocycles. The molecule has 38 heavy (non-hydrogen) atoms. The predicted molar refractivity (Wildman–Crippen MR) is 153 cm³/mol. The Labute approximate surface area is 221 Å². The molecule has 5 nitrogen and oxygen atoms in total. The molecule has 4 aromatic carbocycles. The van der Waals surface area contributed by atoms with Gasteiger partial charge in [0.1, 0.15) is 17.3 Å². The van der Waals surface area contributed by atoms with Crippen LogP contribution < -0.4 is 15.0 Å². The van der Waals surface area contributed by atoms with Gasteiger partial charge in [-0.25, -0.2) is 4.98 Å². The number of fused-ring (bicyclic) bond motifs is 1. The Morgan fingerprint density at radius 2 is 1.55 bits per heavy atom. The highest BCUT2D eigenvalue weighted by atomic mass is 16.5. The van der Waals surface area contributed by atoms with Gasteiger partial charge in [0.05, 0.1) is 30.8 Å². The topological polar surface area (TPSA) is 53.3 Å². The molecule has 0 amide bonds. The van der Waals surface area contributed by atoms with Gasteiger partial charge < -0.3 is 9.47 Å². The average Bonchev–Trinajstić information content (AvgIpc) is 2.96. The Balaban J connectivity index is 1.62. The van der Waals surface area contributed by atoms with Crippen LogP contribution in [0.3, 0.4) is 0 Å². The smallest absolute Gasteiger partial charge is 0.266 e. The van der Waals surface area contributed by atoms with E-state index in [1.54, 1.807) is 24.9 Å². The van der Waals surface area contributed by atoms with Crippen molar-refractivity contribution < 1.29 is 9.47 Å². The minimum absolute atomic E-state index is 0.136. The standard InChI is InChI=1S/C33H26N2O3/c1-23-21-25(14-13-24-9-5-4-6-10-24)15-19-30(23)35-32(34-29-12-8-7-11-28(29)33(35)36)20-17-26-16-18-27(37-2)22-31(26)38-3/h4-12,15-22H,1-3H3/b20-17+. The van der Waals surface area contributed by atoms with Crippen LogP contribution in [-0.4, -0.2) is 23.8 Å². The molecule has 0 atom stereocenters. The molecule has 0 radical (unpaired) electrons. The fraction of sp³-hybridized carbons (Fsp3) is 0.0909. The summed E-state index contributed by atoms with van der Waals surface area (Å²) in [5.41, 5.74) is 4.83. The number of rotatable bonds is 5. The molecule has 0 aliphatic carbocycles. The number of aromatic nitrogens is 2. The normalized spacial score (nSPS) is 10.8. The molecule has 0 aliphatic rings. The van der Waals surface area contributed by atoms with Crippen molar-refractivity contribution in [2.75, 3.05) is 14.2 Å². The first-order valence-electron chi connectivity index (χ1n) is 12.2. The summed E-state index contributed by atoms with van der Waals surface area (Å²) >= 11 is 0. The van der Waals surface area contributed by atoms with Crippen LogP contribution in [-0.2, 0) is 0 Å². The zero-order chi connectivity index (χ0) is 26.5. The van der Waals surface area contributed by atoms with E-state index in [0.717, 1.165) is 27.9 Å². The highest BCUT2D eigenvalue weighted by Gasteiger charge is 2.13. The van der Waals surface area contributed by atoms with Gasteiger partial charge in [0.2, 0.25) is 0 Å². The van der Waals surface area contributed by atoms with E-state index in [1.165, 1.54) is 0 Å². The van der Waals surface area contributed by atoms with E-state index in [4.69, 9.17) is 14.5 Å². The molecule has 0 bridgehead atoms. The maximum Gasteiger partial charge on any atom is 0.266 e. The van der Waals surface area contributed by atoms with Crippen LogP contribution in [0.4, 0.5) is 0 Å². The van der Waals surface area contributed by atoms with E-state index in [9.17, 15) is 4.79 Å². The molecular weight excluding hydrogens is 472 g/mol. The second-order valence-electron chi connectivity index (χ2n) is 8.69. The Kier molecular flexibility index (Phi) is 7.06. The van der Waals surface area contributed by atoms with Crippen molar-refractivity contribution in [3.05, 3.63) is 129 Å². The quantitative estimate of drug-likeness (QED) is 0.268. The molecule has 5 rings (SSSR count). The minimum Gasteiger partial charge on any atom is -0.497 e. The van der Waals surface area contributed by atoms with E-state index in [1.807, 2.05) is 104 Å². The van der Waals surface area contributed by atoms with Gasteiger partial charge >= 0.3 is 0 Å². The highest BCUT2D eigenvalue weighted by molar-refractivity contribution is 5.80. The molecule has 0 aliphatic heterocycles. The van der Waals surface area contributed by atoms with E-state index in [0.29, 0.717) is 28.2 Å². The average molecular weight is 499 g/mol. The Hall–Kier alpha value is -5.08. The molecule has 0 spiro atoms. The number of benzene rings is 4. The monoisotopic (exact) mass is 498 g/mol. The van der Waals surface area contributed by atoms with E-state index < -0.39 is 0 Å². The van der Waals surface area contributed by atoms with Crippen LogP contribution in [0.15, 0.2) is 95.8 Å². The fourth-order valence-corrected chi connectivity index (χ4v) is 4.26. The first kappa shape index (κ1) is 24.6. The summed E-state index contributed by atoms with van der Waals surface area (Å²) < 4.78 is 12.5. The van der Waals surface area contributed by atoms with Crippen molar-refractivity contribution >= 4 is 23.1 Å². The van der Waals surface area contributed by atoms with Gasteiger partial charge in [-0.3, -0.25) is 9.36 Å². The van der Waals surface area contributed by atoms with Crippen molar-refractivity contribution in [2.45, 2.75) is 6.92 Å². The number of nitrogens with zero attached hydrogens (tertiary/aromatic N) is 2. The number of aryl methyl sites for hydroxylation is 1. The lowest BCUT2D eigenvalue weighted by Crippen LogP contribution is -2.23. The summed E-state index contributed by atoms with van der Waals surface area (Å²) in [5, 5.41) is 0.555. The van der Waals surface area contributed by atoms with Gasteiger partial charge in [0.25, 0.3) is 5.56 Å². The minimum atomic E-state index is -0.136. The number of hydrogen-bond acceptors (Lipinski definition) is 4. The van der Waals surface area contributed by atoms with Crippen LogP contribution in [0, 0.1) is 18.8 Å². The van der Waals surface area contributed by atoms with Crippen LogP contribution in [0.2, 0.25) is 0 Å². The van der Waals surface area contributed by atoms with Gasteiger partial charge in [0, 0.05) is 22.8 Å². The van der Waals surface area contributed by atoms with E-state index in [-0.39, 0.29) is 5.56 Å². The van der Waals surface area contributed by atoms with Crippen molar-refractivity contribution in [3.8, 4) is 29.0 Å². The van der Waals surface area contributed by atoms with Gasteiger partial charge in [-0.1, -0.05) is 42.2 Å². The zero-order valence-corrected chi connectivity index (χ0v) is 21.4. The number of hydrogen-bond donors (Lipinski definition) is 0. The summed E-state index contributed by atoms with van der Waals surface area (Å²) in [7, 11) is 3.23. The molecule has 186 valence electrons. The largest absolute Gasteiger partial charge is 0.497 e. The summed E-state index contributed by atoms with van der Waals surface area (Å²) in [6, 6.07) is 28.7. The molecule has 1 heterocycles. The molecule has 0 fully saturated rings. The zero-order valence-electron chi connectivity index (χ0n) is 21.4. The fourth-order valence-electron chi connectivity index (χ4n) is 4.26. The lowest BCUT2D eigenvalue weighted by molar-refractivity contribution is 0.394. The van der Waals surface area contributed by atoms with Gasteiger partial charge in [-0.15, -0.1) is 0 Å². The summed E-state index contributed by atoms with van der Waals surface area (Å²) in [5.74, 6) is 8.28. The molecule has 0 N–H and O–H groups in total. The molecule has 5 aromatic rings. The van der Waals surface area contributed by atoms with Crippen LogP contribution in [0.1, 0.15) is 28.1 Å². The van der Waals surface area contributed by atoms with Crippen molar-refractivity contribution in [3.63, 3.8) is 0 Å². The lowest BCUT2D eigenvalue weighted by atomic mass is 10.1.